The van der Waals surface area contributed by atoms with E-state index in [0.29, 0.717) is 17.5 Å². The molecule has 4 nitrogen and oxygen atoms in total. The average Bonchev–Trinajstić information content (AvgIpc) is 2.98. The number of aromatic nitrogens is 2. The van der Waals surface area contributed by atoms with Gasteiger partial charge in [0.05, 0.1) is 11.0 Å². The number of rotatable bonds is 3. The molecule has 0 radical (unpaired) electrons. The summed E-state index contributed by atoms with van der Waals surface area (Å²) in [5.74, 6) is 0.191. The summed E-state index contributed by atoms with van der Waals surface area (Å²) in [6.07, 6.45) is 2.55. The van der Waals surface area contributed by atoms with Gasteiger partial charge in [-0.25, -0.2) is 9.37 Å². The van der Waals surface area contributed by atoms with Gasteiger partial charge in [-0.05, 0) is 45.0 Å². The zero-order valence-corrected chi connectivity index (χ0v) is 11.1. The van der Waals surface area contributed by atoms with Crippen molar-refractivity contribution in [1.82, 2.24) is 14.5 Å². The van der Waals surface area contributed by atoms with Crippen molar-refractivity contribution in [1.29, 1.82) is 0 Å². The van der Waals surface area contributed by atoms with Crippen molar-refractivity contribution in [3.63, 3.8) is 0 Å². The monoisotopic (exact) mass is 262 g/mol. The third-order valence-corrected chi connectivity index (χ3v) is 3.95. The molecule has 1 aliphatic heterocycles. The molecule has 2 N–H and O–H groups in total. The van der Waals surface area contributed by atoms with Gasteiger partial charge >= 0.3 is 0 Å². The van der Waals surface area contributed by atoms with Crippen molar-refractivity contribution in [2.24, 2.45) is 0 Å². The van der Waals surface area contributed by atoms with Crippen molar-refractivity contribution in [2.75, 3.05) is 18.8 Å². The molecule has 1 aliphatic rings. The second-order valence-corrected chi connectivity index (χ2v) is 5.31. The van der Waals surface area contributed by atoms with Crippen LogP contribution in [0.3, 0.4) is 0 Å². The fourth-order valence-corrected chi connectivity index (χ4v) is 2.88. The van der Waals surface area contributed by atoms with Crippen LogP contribution in [0.1, 0.15) is 19.8 Å². The maximum absolute atomic E-state index is 13.2. The summed E-state index contributed by atoms with van der Waals surface area (Å²) in [5, 5.41) is 0. The third kappa shape index (κ3) is 2.30. The number of imidazole rings is 1. The van der Waals surface area contributed by atoms with Crippen molar-refractivity contribution >= 4 is 17.0 Å². The molecule has 5 heteroatoms. The maximum atomic E-state index is 13.2. The second kappa shape index (κ2) is 4.81. The summed E-state index contributed by atoms with van der Waals surface area (Å²) in [7, 11) is 0. The number of halogens is 1. The molecule has 102 valence electrons. The lowest BCUT2D eigenvalue weighted by Crippen LogP contribution is -2.33. The molecule has 1 atom stereocenters. The third-order valence-electron chi connectivity index (χ3n) is 3.95. The topological polar surface area (TPSA) is 47.1 Å². The average molecular weight is 262 g/mol. The Labute approximate surface area is 112 Å². The lowest BCUT2D eigenvalue weighted by Gasteiger charge is -2.24. The first kappa shape index (κ1) is 12.4. The first-order valence-electron chi connectivity index (χ1n) is 6.80. The minimum Gasteiger partial charge on any atom is -0.369 e. The van der Waals surface area contributed by atoms with Gasteiger partial charge in [-0.15, -0.1) is 0 Å². The Morgan fingerprint density at radius 3 is 2.84 bits per heavy atom. The van der Waals surface area contributed by atoms with Crippen LogP contribution in [0.15, 0.2) is 18.2 Å². The maximum Gasteiger partial charge on any atom is 0.201 e. The number of likely N-dealkylation sites (tertiary alicyclic amines) is 1. The van der Waals surface area contributed by atoms with Crippen LogP contribution >= 0.6 is 0 Å². The van der Waals surface area contributed by atoms with Crippen molar-refractivity contribution in [3.8, 4) is 0 Å². The van der Waals surface area contributed by atoms with Gasteiger partial charge in [0, 0.05) is 18.7 Å². The molecule has 1 fully saturated rings. The van der Waals surface area contributed by atoms with Crippen molar-refractivity contribution in [2.45, 2.75) is 32.4 Å². The highest BCUT2D eigenvalue weighted by atomic mass is 19.1. The van der Waals surface area contributed by atoms with Gasteiger partial charge in [0.2, 0.25) is 5.95 Å². The van der Waals surface area contributed by atoms with E-state index < -0.39 is 0 Å². The summed E-state index contributed by atoms with van der Waals surface area (Å²) < 4.78 is 15.2. The van der Waals surface area contributed by atoms with E-state index in [1.54, 1.807) is 6.07 Å². The summed E-state index contributed by atoms with van der Waals surface area (Å²) in [5.41, 5.74) is 7.50. The number of benzene rings is 1. The molecule has 0 saturated carbocycles. The highest BCUT2D eigenvalue weighted by molar-refractivity contribution is 5.78. The molecule has 0 bridgehead atoms. The number of hydrogen-bond donors (Lipinski definition) is 1. The van der Waals surface area contributed by atoms with Gasteiger partial charge in [0.15, 0.2) is 0 Å². The SMILES string of the molecule is CC(Cn1c(N)nc2cc(F)ccc21)N1CCCC1. The smallest absolute Gasteiger partial charge is 0.201 e. The lowest BCUT2D eigenvalue weighted by atomic mass is 10.2. The number of hydrogen-bond acceptors (Lipinski definition) is 3. The van der Waals surface area contributed by atoms with Crippen LogP contribution in [-0.2, 0) is 6.54 Å². The lowest BCUT2D eigenvalue weighted by molar-refractivity contribution is 0.238. The molecule has 3 rings (SSSR count). The van der Waals surface area contributed by atoms with Gasteiger partial charge in [0.1, 0.15) is 5.82 Å². The highest BCUT2D eigenvalue weighted by Crippen LogP contribution is 2.21. The van der Waals surface area contributed by atoms with E-state index in [0.717, 1.165) is 25.2 Å². The van der Waals surface area contributed by atoms with E-state index in [1.165, 1.54) is 25.0 Å². The predicted molar refractivity (Wildman–Crippen MR) is 74.4 cm³/mol. The highest BCUT2D eigenvalue weighted by Gasteiger charge is 2.20. The van der Waals surface area contributed by atoms with Crippen LogP contribution in [-0.4, -0.2) is 33.6 Å². The van der Waals surface area contributed by atoms with E-state index in [2.05, 4.69) is 16.8 Å². The largest absolute Gasteiger partial charge is 0.369 e. The minimum absolute atomic E-state index is 0.273. The Morgan fingerprint density at radius 2 is 2.11 bits per heavy atom. The van der Waals surface area contributed by atoms with E-state index in [-0.39, 0.29) is 5.82 Å². The zero-order chi connectivity index (χ0) is 13.4. The molecule has 0 amide bonds. The summed E-state index contributed by atoms with van der Waals surface area (Å²) in [4.78, 5) is 6.70. The van der Waals surface area contributed by atoms with E-state index in [4.69, 9.17) is 5.73 Å². The Morgan fingerprint density at radius 1 is 1.37 bits per heavy atom. The fourth-order valence-electron chi connectivity index (χ4n) is 2.88. The van der Waals surface area contributed by atoms with E-state index in [1.807, 2.05) is 4.57 Å². The van der Waals surface area contributed by atoms with E-state index in [9.17, 15) is 4.39 Å². The zero-order valence-electron chi connectivity index (χ0n) is 11.1. The molecule has 0 spiro atoms. The number of fused-ring (bicyclic) bond motifs is 1. The Bertz CT molecular complexity index is 586. The molecular weight excluding hydrogens is 243 g/mol. The fraction of sp³-hybridized carbons (Fsp3) is 0.500. The van der Waals surface area contributed by atoms with Gasteiger partial charge in [-0.1, -0.05) is 0 Å². The van der Waals surface area contributed by atoms with Crippen LogP contribution in [0.25, 0.3) is 11.0 Å². The van der Waals surface area contributed by atoms with Gasteiger partial charge in [0.25, 0.3) is 0 Å². The standard InChI is InChI=1S/C14H19FN4/c1-10(18-6-2-3-7-18)9-19-13-5-4-11(15)8-12(13)17-14(19)16/h4-5,8,10H,2-3,6-7,9H2,1H3,(H2,16,17). The number of nitrogens with zero attached hydrogens (tertiary/aromatic N) is 3. The molecule has 1 saturated heterocycles. The molecule has 1 aromatic heterocycles. The molecule has 2 aromatic rings. The van der Waals surface area contributed by atoms with Gasteiger partial charge in [-0.2, -0.15) is 0 Å². The molecular formula is C14H19FN4. The number of anilines is 1. The number of nitrogens with two attached hydrogens (primary N) is 1. The van der Waals surface area contributed by atoms with Crippen molar-refractivity contribution < 1.29 is 4.39 Å². The molecule has 0 aliphatic carbocycles. The molecule has 19 heavy (non-hydrogen) atoms. The van der Waals surface area contributed by atoms with Gasteiger partial charge in [-0.3, -0.25) is 4.90 Å². The Hall–Kier alpha value is -1.62. The van der Waals surface area contributed by atoms with Crippen LogP contribution in [0.4, 0.5) is 10.3 Å². The summed E-state index contributed by atoms with van der Waals surface area (Å²) in [6.45, 7) is 5.32. The first-order chi connectivity index (χ1) is 9.15. The van der Waals surface area contributed by atoms with Gasteiger partial charge < -0.3 is 10.3 Å². The Balaban J connectivity index is 1.89. The summed E-state index contributed by atoms with van der Waals surface area (Å²) >= 11 is 0. The number of nitrogen functional groups attached to an aromatic ring is 1. The van der Waals surface area contributed by atoms with Crippen LogP contribution < -0.4 is 5.73 Å². The Kier molecular flexibility index (Phi) is 3.14. The quantitative estimate of drug-likeness (QED) is 0.922. The minimum atomic E-state index is -0.273. The molecule has 1 aromatic carbocycles. The van der Waals surface area contributed by atoms with E-state index >= 15 is 0 Å². The molecule has 2 heterocycles. The van der Waals surface area contributed by atoms with Crippen molar-refractivity contribution in [3.05, 3.63) is 24.0 Å². The normalized spacial score (nSPS) is 18.2. The first-order valence-corrected chi connectivity index (χ1v) is 6.80. The van der Waals surface area contributed by atoms with Crippen LogP contribution in [0, 0.1) is 5.82 Å². The summed E-state index contributed by atoms with van der Waals surface area (Å²) in [6, 6.07) is 5.07. The predicted octanol–water partition coefficient (Wildman–Crippen LogP) is 2.24. The van der Waals surface area contributed by atoms with Crippen LogP contribution in [0.5, 0.6) is 0 Å². The molecule has 1 unspecified atom stereocenters. The second-order valence-electron chi connectivity index (χ2n) is 5.31. The van der Waals surface area contributed by atoms with Crippen LogP contribution in [0.2, 0.25) is 0 Å².